The number of allylic oxidation sites excluding steroid dienone is 1. The number of halogens is 2. The monoisotopic (exact) mass is 284 g/mol. The molecule has 1 aliphatic carbocycles. The Bertz CT molecular complexity index is 443. The van der Waals surface area contributed by atoms with Crippen LogP contribution in [0.5, 0.6) is 0 Å². The summed E-state index contributed by atoms with van der Waals surface area (Å²) in [5.41, 5.74) is 2.29. The van der Waals surface area contributed by atoms with E-state index in [2.05, 4.69) is 23.3 Å². The highest BCUT2D eigenvalue weighted by atomic mass is 35.5. The van der Waals surface area contributed by atoms with Crippen LogP contribution in [-0.4, -0.2) is 11.5 Å². The van der Waals surface area contributed by atoms with E-state index in [0.717, 1.165) is 25.1 Å². The normalized spacial score (nSPS) is 17.4. The molecule has 2 rings (SSSR count). The van der Waals surface area contributed by atoms with Crippen molar-refractivity contribution in [3.63, 3.8) is 0 Å². The van der Waals surface area contributed by atoms with Gasteiger partial charge in [0.2, 0.25) is 0 Å². The summed E-state index contributed by atoms with van der Waals surface area (Å²) in [4.78, 5) is 4.40. The lowest BCUT2D eigenvalue weighted by molar-refractivity contribution is 0.554. The van der Waals surface area contributed by atoms with Crippen molar-refractivity contribution in [3.8, 4) is 0 Å². The smallest absolute Gasteiger partial charge is 0.0802 e. The predicted octanol–water partition coefficient (Wildman–Crippen LogP) is 4.54. The molecule has 0 aliphatic heterocycles. The van der Waals surface area contributed by atoms with E-state index in [9.17, 15) is 0 Å². The minimum Gasteiger partial charge on any atom is -0.305 e. The second-order valence-corrected chi connectivity index (χ2v) is 5.38. The molecule has 0 fully saturated rings. The maximum atomic E-state index is 6.27. The quantitative estimate of drug-likeness (QED) is 0.821. The zero-order valence-corrected chi connectivity index (χ0v) is 12.1. The number of nitrogens with one attached hydrogen (secondary N) is 1. The van der Waals surface area contributed by atoms with Gasteiger partial charge in [0.1, 0.15) is 0 Å². The third-order valence-corrected chi connectivity index (χ3v) is 3.72. The van der Waals surface area contributed by atoms with Gasteiger partial charge in [0.25, 0.3) is 0 Å². The van der Waals surface area contributed by atoms with Crippen LogP contribution in [0.1, 0.15) is 44.3 Å². The molecule has 18 heavy (non-hydrogen) atoms. The Labute approximate surface area is 118 Å². The molecule has 0 amide bonds. The third-order valence-electron chi connectivity index (χ3n) is 3.21. The molecule has 0 aromatic carbocycles. The van der Waals surface area contributed by atoms with Crippen molar-refractivity contribution >= 4 is 23.2 Å². The lowest BCUT2D eigenvalue weighted by atomic mass is 9.92. The van der Waals surface area contributed by atoms with Gasteiger partial charge in [-0.25, -0.2) is 0 Å². The number of pyridine rings is 1. The fourth-order valence-electron chi connectivity index (χ4n) is 2.37. The van der Waals surface area contributed by atoms with Crippen LogP contribution in [0, 0.1) is 0 Å². The van der Waals surface area contributed by atoms with Gasteiger partial charge in [0.15, 0.2) is 0 Å². The molecule has 0 saturated carbocycles. The molecule has 0 bridgehead atoms. The summed E-state index contributed by atoms with van der Waals surface area (Å²) in [6.45, 7) is 2.99. The summed E-state index contributed by atoms with van der Waals surface area (Å²) in [5, 5.41) is 4.69. The molecule has 0 radical (unpaired) electrons. The van der Waals surface area contributed by atoms with Gasteiger partial charge in [-0.3, -0.25) is 4.98 Å². The Morgan fingerprint density at radius 3 is 2.83 bits per heavy atom. The van der Waals surface area contributed by atoms with Crippen LogP contribution in [0.4, 0.5) is 0 Å². The van der Waals surface area contributed by atoms with Gasteiger partial charge in [0.05, 0.1) is 21.8 Å². The predicted molar refractivity (Wildman–Crippen MR) is 77.2 cm³/mol. The highest BCUT2D eigenvalue weighted by Crippen LogP contribution is 2.33. The number of aromatic nitrogens is 1. The zero-order valence-electron chi connectivity index (χ0n) is 10.5. The van der Waals surface area contributed by atoms with E-state index in [1.165, 1.54) is 18.4 Å². The van der Waals surface area contributed by atoms with Crippen LogP contribution in [-0.2, 0) is 0 Å². The summed E-state index contributed by atoms with van der Waals surface area (Å²) < 4.78 is 0. The van der Waals surface area contributed by atoms with Gasteiger partial charge >= 0.3 is 0 Å². The number of hydrogen-bond donors (Lipinski definition) is 1. The summed E-state index contributed by atoms with van der Waals surface area (Å²) in [6, 6.07) is 1.89. The maximum Gasteiger partial charge on any atom is 0.0802 e. The van der Waals surface area contributed by atoms with E-state index in [1.54, 1.807) is 12.3 Å². The van der Waals surface area contributed by atoms with E-state index in [4.69, 9.17) is 23.2 Å². The standard InChI is InChI=1S/C14H18Cl2N2/c1-2-17-13(10-6-4-3-5-7-10)14-12(16)8-11(15)9-18-14/h6,8-9,13,17H,2-5,7H2,1H3. The topological polar surface area (TPSA) is 24.9 Å². The first kappa shape index (κ1) is 13.9. The van der Waals surface area contributed by atoms with Crippen LogP contribution < -0.4 is 5.32 Å². The lowest BCUT2D eigenvalue weighted by Crippen LogP contribution is -2.25. The van der Waals surface area contributed by atoms with E-state index < -0.39 is 0 Å². The first-order valence-electron chi connectivity index (χ1n) is 6.45. The molecule has 1 atom stereocenters. The summed E-state index contributed by atoms with van der Waals surface area (Å²) in [7, 11) is 0. The van der Waals surface area contributed by atoms with Crippen LogP contribution >= 0.6 is 23.2 Å². The molecule has 2 nitrogen and oxygen atoms in total. The molecular weight excluding hydrogens is 267 g/mol. The fraction of sp³-hybridized carbons (Fsp3) is 0.500. The Morgan fingerprint density at radius 1 is 1.39 bits per heavy atom. The number of nitrogens with zero attached hydrogens (tertiary/aromatic N) is 1. The van der Waals surface area contributed by atoms with Gasteiger partial charge in [-0.15, -0.1) is 0 Å². The molecule has 1 N–H and O–H groups in total. The SMILES string of the molecule is CCNC(C1=CCCCC1)c1ncc(Cl)cc1Cl. The third kappa shape index (κ3) is 3.25. The van der Waals surface area contributed by atoms with Crippen LogP contribution in [0.25, 0.3) is 0 Å². The van der Waals surface area contributed by atoms with Crippen molar-refractivity contribution in [3.05, 3.63) is 39.7 Å². The highest BCUT2D eigenvalue weighted by Gasteiger charge is 2.21. The van der Waals surface area contributed by atoms with Crippen molar-refractivity contribution < 1.29 is 0 Å². The van der Waals surface area contributed by atoms with E-state index in [0.29, 0.717) is 10.0 Å². The molecule has 1 aliphatic rings. The summed E-state index contributed by atoms with van der Waals surface area (Å²) in [5.74, 6) is 0. The Balaban J connectivity index is 2.31. The van der Waals surface area contributed by atoms with Gasteiger partial charge in [-0.2, -0.15) is 0 Å². The summed E-state index contributed by atoms with van der Waals surface area (Å²) >= 11 is 12.2. The molecule has 1 unspecified atom stereocenters. The minimum absolute atomic E-state index is 0.125. The molecule has 0 spiro atoms. The molecule has 1 heterocycles. The fourth-order valence-corrected chi connectivity index (χ4v) is 2.86. The zero-order chi connectivity index (χ0) is 13.0. The second-order valence-electron chi connectivity index (χ2n) is 4.54. The Morgan fingerprint density at radius 2 is 2.22 bits per heavy atom. The number of rotatable bonds is 4. The molecule has 1 aromatic heterocycles. The van der Waals surface area contributed by atoms with Gasteiger partial charge in [-0.05, 0) is 38.3 Å². The van der Waals surface area contributed by atoms with Crippen molar-refractivity contribution in [1.29, 1.82) is 0 Å². The van der Waals surface area contributed by atoms with Crippen molar-refractivity contribution in [2.24, 2.45) is 0 Å². The first-order valence-corrected chi connectivity index (χ1v) is 7.21. The first-order chi connectivity index (χ1) is 8.72. The molecule has 98 valence electrons. The van der Waals surface area contributed by atoms with Crippen molar-refractivity contribution in [1.82, 2.24) is 10.3 Å². The van der Waals surface area contributed by atoms with E-state index in [1.807, 2.05) is 0 Å². The molecule has 0 saturated heterocycles. The number of hydrogen-bond acceptors (Lipinski definition) is 2. The highest BCUT2D eigenvalue weighted by molar-refractivity contribution is 6.34. The van der Waals surface area contributed by atoms with Crippen LogP contribution in [0.3, 0.4) is 0 Å². The maximum absolute atomic E-state index is 6.27. The Hall–Kier alpha value is -0.570. The van der Waals surface area contributed by atoms with Gasteiger partial charge in [-0.1, -0.05) is 41.8 Å². The second kappa shape index (κ2) is 6.55. The van der Waals surface area contributed by atoms with Crippen LogP contribution in [0.2, 0.25) is 10.0 Å². The minimum atomic E-state index is 0.125. The lowest BCUT2D eigenvalue weighted by Gasteiger charge is -2.24. The summed E-state index contributed by atoms with van der Waals surface area (Å²) in [6.07, 6.45) is 8.80. The van der Waals surface area contributed by atoms with Gasteiger partial charge in [0, 0.05) is 6.20 Å². The van der Waals surface area contributed by atoms with Gasteiger partial charge < -0.3 is 5.32 Å². The van der Waals surface area contributed by atoms with E-state index >= 15 is 0 Å². The average Bonchev–Trinajstić information content (AvgIpc) is 2.38. The molecule has 1 aromatic rings. The van der Waals surface area contributed by atoms with Crippen molar-refractivity contribution in [2.75, 3.05) is 6.54 Å². The molecule has 4 heteroatoms. The largest absolute Gasteiger partial charge is 0.305 e. The Kier molecular flexibility index (Phi) is 5.04. The van der Waals surface area contributed by atoms with Crippen molar-refractivity contribution in [2.45, 2.75) is 38.6 Å². The molecular formula is C14H18Cl2N2. The average molecular weight is 285 g/mol. The van der Waals surface area contributed by atoms with Crippen LogP contribution in [0.15, 0.2) is 23.9 Å². The number of likely N-dealkylation sites (N-methyl/N-ethyl adjacent to an activating group) is 1. The van der Waals surface area contributed by atoms with E-state index in [-0.39, 0.29) is 6.04 Å².